The third-order valence-corrected chi connectivity index (χ3v) is 8.23. The molecular formula is C29H39N5O8. The number of anilines is 2. The quantitative estimate of drug-likeness (QED) is 0.181. The second kappa shape index (κ2) is 10.4. The average Bonchev–Trinajstić information content (AvgIpc) is 2.85. The molecule has 0 radical (unpaired) electrons. The van der Waals surface area contributed by atoms with E-state index in [1.807, 2.05) is 20.8 Å². The highest BCUT2D eigenvalue weighted by molar-refractivity contribution is 6.25. The standard InChI is InChI=1S/C29H39N5O8/c1-28(2,3)31-11-17(35)32-15-10-16(33(4)5)13-8-12-9-14-21(34(6)7)24(38)20(27(30)41)26(40)29(14,42)25(39)18(12)23(37)19(13)22(15)36/h10,12,14,21,31,36,38-39,42H,8-9,11H2,1-7H3,(H2,30,41)(H,32,35). The molecule has 1 aromatic carbocycles. The van der Waals surface area contributed by atoms with E-state index in [0.29, 0.717) is 11.3 Å². The van der Waals surface area contributed by atoms with Gasteiger partial charge in [0.1, 0.15) is 17.1 Å². The number of carbonyl (C=O) groups is 4. The number of likely N-dealkylation sites (N-methyl/N-ethyl adjacent to an activating group) is 1. The van der Waals surface area contributed by atoms with E-state index in [1.165, 1.54) is 4.90 Å². The highest BCUT2D eigenvalue weighted by atomic mass is 16.3. The number of benzene rings is 1. The summed E-state index contributed by atoms with van der Waals surface area (Å²) in [5, 5.41) is 51.1. The Balaban J connectivity index is 1.87. The molecule has 228 valence electrons. The number of phenolic OH excluding ortho intramolecular Hbond substituents is 1. The number of primary amides is 1. The molecule has 0 aromatic heterocycles. The number of nitrogens with one attached hydrogen (secondary N) is 2. The van der Waals surface area contributed by atoms with Gasteiger partial charge in [0.25, 0.3) is 5.91 Å². The summed E-state index contributed by atoms with van der Waals surface area (Å²) in [6, 6.07) is 0.487. The SMILES string of the molecule is CN(C)c1cc(NC(=O)CNC(C)(C)C)c(O)c2c1CC1CC3C(N(C)C)C(O)=C(C(N)=O)C(=O)C3(O)C(O)=C1C2=O. The molecule has 3 aliphatic rings. The van der Waals surface area contributed by atoms with Gasteiger partial charge in [-0.25, -0.2) is 0 Å². The van der Waals surface area contributed by atoms with Crippen LogP contribution in [0.5, 0.6) is 5.75 Å². The van der Waals surface area contributed by atoms with Gasteiger partial charge in [0.15, 0.2) is 17.1 Å². The number of aliphatic hydroxyl groups excluding tert-OH is 2. The van der Waals surface area contributed by atoms with Crippen molar-refractivity contribution in [3.05, 3.63) is 39.9 Å². The molecule has 0 spiro atoms. The fourth-order valence-electron chi connectivity index (χ4n) is 6.33. The number of nitrogens with two attached hydrogens (primary N) is 1. The number of phenols is 1. The predicted octanol–water partition coefficient (Wildman–Crippen LogP) is 0.513. The Hall–Kier alpha value is -3.94. The van der Waals surface area contributed by atoms with Gasteiger partial charge in [0.05, 0.1) is 23.8 Å². The number of aliphatic hydroxyl groups is 3. The first-order valence-electron chi connectivity index (χ1n) is 13.6. The first kappa shape index (κ1) is 31.0. The number of hydrogen-bond acceptors (Lipinski definition) is 11. The Bertz CT molecular complexity index is 1450. The molecule has 1 aromatic rings. The van der Waals surface area contributed by atoms with Crippen LogP contribution in [0.2, 0.25) is 0 Å². The summed E-state index contributed by atoms with van der Waals surface area (Å²) < 4.78 is 0. The molecule has 4 unspecified atom stereocenters. The molecular weight excluding hydrogens is 546 g/mol. The van der Waals surface area contributed by atoms with Gasteiger partial charge >= 0.3 is 0 Å². The maximum Gasteiger partial charge on any atom is 0.255 e. The summed E-state index contributed by atoms with van der Waals surface area (Å²) in [7, 11) is 6.62. The summed E-state index contributed by atoms with van der Waals surface area (Å²) in [4.78, 5) is 55.6. The van der Waals surface area contributed by atoms with Gasteiger partial charge in [-0.15, -0.1) is 0 Å². The molecule has 42 heavy (non-hydrogen) atoms. The number of allylic oxidation sites excluding steroid dienone is 1. The fourth-order valence-corrected chi connectivity index (χ4v) is 6.33. The van der Waals surface area contributed by atoms with E-state index in [2.05, 4.69) is 10.6 Å². The largest absolute Gasteiger partial charge is 0.510 e. The monoisotopic (exact) mass is 585 g/mol. The Morgan fingerprint density at radius 1 is 1.12 bits per heavy atom. The Kier molecular flexibility index (Phi) is 7.68. The Morgan fingerprint density at radius 3 is 2.26 bits per heavy atom. The molecule has 0 fully saturated rings. The number of rotatable bonds is 6. The number of ketones is 2. The van der Waals surface area contributed by atoms with E-state index >= 15 is 0 Å². The maximum absolute atomic E-state index is 14.1. The zero-order valence-electron chi connectivity index (χ0n) is 24.8. The summed E-state index contributed by atoms with van der Waals surface area (Å²) in [6.07, 6.45) is 0.117. The highest BCUT2D eigenvalue weighted by Gasteiger charge is 2.63. The smallest absolute Gasteiger partial charge is 0.255 e. The lowest BCUT2D eigenvalue weighted by atomic mass is 9.58. The van der Waals surface area contributed by atoms with Crippen LogP contribution in [-0.2, 0) is 20.8 Å². The van der Waals surface area contributed by atoms with Crippen molar-refractivity contribution < 1.29 is 39.6 Å². The number of hydrogen-bond donors (Lipinski definition) is 7. The first-order valence-corrected chi connectivity index (χ1v) is 13.6. The lowest BCUT2D eigenvalue weighted by Crippen LogP contribution is -2.63. The summed E-state index contributed by atoms with van der Waals surface area (Å²) in [6.45, 7) is 5.60. The van der Waals surface area contributed by atoms with E-state index in [0.717, 1.165) is 0 Å². The normalized spacial score (nSPS) is 25.7. The summed E-state index contributed by atoms with van der Waals surface area (Å²) in [5.41, 5.74) is 1.96. The van der Waals surface area contributed by atoms with Crippen molar-refractivity contribution in [1.82, 2.24) is 10.2 Å². The number of amides is 2. The minimum absolute atomic E-state index is 0.0175. The van der Waals surface area contributed by atoms with Gasteiger partial charge in [-0.2, -0.15) is 0 Å². The molecule has 0 aliphatic heterocycles. The zero-order valence-corrected chi connectivity index (χ0v) is 24.8. The second-order valence-corrected chi connectivity index (χ2v) is 12.7. The average molecular weight is 586 g/mol. The Morgan fingerprint density at radius 2 is 1.74 bits per heavy atom. The van der Waals surface area contributed by atoms with Crippen LogP contribution >= 0.6 is 0 Å². The molecule has 0 heterocycles. The van der Waals surface area contributed by atoms with Gasteiger partial charge in [0, 0.05) is 36.8 Å². The van der Waals surface area contributed by atoms with E-state index in [1.54, 1.807) is 39.2 Å². The lowest BCUT2D eigenvalue weighted by Gasteiger charge is -2.50. The third-order valence-electron chi connectivity index (χ3n) is 8.23. The number of aromatic hydroxyl groups is 1. The van der Waals surface area contributed by atoms with Crippen LogP contribution in [0, 0.1) is 11.8 Å². The van der Waals surface area contributed by atoms with Gasteiger partial charge in [-0.1, -0.05) is 0 Å². The minimum Gasteiger partial charge on any atom is -0.510 e. The molecule has 4 rings (SSSR count). The topological polar surface area (TPSA) is 206 Å². The van der Waals surface area contributed by atoms with E-state index < -0.39 is 69.7 Å². The molecule has 8 N–H and O–H groups in total. The molecule has 0 bridgehead atoms. The molecule has 2 amide bonds. The zero-order chi connectivity index (χ0) is 31.6. The maximum atomic E-state index is 14.1. The summed E-state index contributed by atoms with van der Waals surface area (Å²) in [5.74, 6) is -7.79. The van der Waals surface area contributed by atoms with E-state index in [-0.39, 0.29) is 41.7 Å². The molecule has 3 aliphatic carbocycles. The van der Waals surface area contributed by atoms with Gasteiger partial charge in [-0.3, -0.25) is 24.1 Å². The molecule has 13 heteroatoms. The first-order chi connectivity index (χ1) is 19.3. The van der Waals surface area contributed by atoms with Crippen molar-refractivity contribution in [1.29, 1.82) is 0 Å². The number of nitrogens with zero attached hydrogens (tertiary/aromatic N) is 2. The molecule has 0 saturated carbocycles. The third kappa shape index (κ3) is 4.80. The minimum atomic E-state index is -2.73. The second-order valence-electron chi connectivity index (χ2n) is 12.7. The highest BCUT2D eigenvalue weighted by Crippen LogP contribution is 2.53. The van der Waals surface area contributed by atoms with Crippen LogP contribution in [0.3, 0.4) is 0 Å². The summed E-state index contributed by atoms with van der Waals surface area (Å²) >= 11 is 0. The fraction of sp³-hybridized carbons (Fsp3) is 0.517. The van der Waals surface area contributed by atoms with Crippen LogP contribution in [0.1, 0.15) is 43.1 Å². The lowest BCUT2D eigenvalue weighted by molar-refractivity contribution is -0.148. The van der Waals surface area contributed by atoms with Crippen LogP contribution in [0.15, 0.2) is 28.7 Å². The van der Waals surface area contributed by atoms with Crippen molar-refractivity contribution in [2.24, 2.45) is 17.6 Å². The van der Waals surface area contributed by atoms with Crippen LogP contribution < -0.4 is 21.3 Å². The van der Waals surface area contributed by atoms with Gasteiger partial charge in [-0.05, 0) is 65.3 Å². The number of fused-ring (bicyclic) bond motifs is 3. The molecule has 13 nitrogen and oxygen atoms in total. The number of carbonyl (C=O) groups excluding carboxylic acids is 4. The molecule has 0 saturated heterocycles. The van der Waals surface area contributed by atoms with Crippen molar-refractivity contribution >= 4 is 34.8 Å². The van der Waals surface area contributed by atoms with Crippen molar-refractivity contribution in [2.75, 3.05) is 45.0 Å². The number of Topliss-reactive ketones (excluding diaryl/α,β-unsaturated/α-hetero) is 2. The van der Waals surface area contributed by atoms with Crippen molar-refractivity contribution in [3.63, 3.8) is 0 Å². The van der Waals surface area contributed by atoms with Gasteiger partial charge < -0.3 is 41.7 Å². The van der Waals surface area contributed by atoms with Crippen molar-refractivity contribution in [2.45, 2.75) is 50.8 Å². The Labute approximate surface area is 243 Å². The van der Waals surface area contributed by atoms with Crippen LogP contribution in [-0.4, -0.2) is 101 Å². The van der Waals surface area contributed by atoms with Crippen LogP contribution in [0.25, 0.3) is 0 Å². The predicted molar refractivity (Wildman–Crippen MR) is 154 cm³/mol. The van der Waals surface area contributed by atoms with Crippen molar-refractivity contribution in [3.8, 4) is 5.75 Å². The molecule has 4 atom stereocenters. The van der Waals surface area contributed by atoms with E-state index in [9.17, 15) is 39.6 Å². The van der Waals surface area contributed by atoms with E-state index in [4.69, 9.17) is 5.73 Å². The van der Waals surface area contributed by atoms with Crippen LogP contribution in [0.4, 0.5) is 11.4 Å². The van der Waals surface area contributed by atoms with Gasteiger partial charge in [0.2, 0.25) is 11.7 Å².